The number of hydrogen-bond acceptors (Lipinski definition) is 2. The second-order valence-electron chi connectivity index (χ2n) is 4.27. The van der Waals surface area contributed by atoms with Gasteiger partial charge in [0.05, 0.1) is 24.7 Å². The molecular weight excluding hydrogens is 302 g/mol. The van der Waals surface area contributed by atoms with E-state index < -0.39 is 47.0 Å². The zero-order valence-electron chi connectivity index (χ0n) is 11.2. The number of ether oxygens (including phenoxy) is 1. The topological polar surface area (TPSA) is 26.3 Å². The molecule has 0 bridgehead atoms. The van der Waals surface area contributed by atoms with E-state index in [0.29, 0.717) is 12.1 Å². The van der Waals surface area contributed by atoms with Crippen molar-refractivity contribution in [2.45, 2.75) is 32.1 Å². The predicted octanol–water partition coefficient (Wildman–Crippen LogP) is 4.00. The Morgan fingerprint density at radius 1 is 1.00 bits per heavy atom. The van der Waals surface area contributed by atoms with Gasteiger partial charge in [-0.25, -0.2) is 0 Å². The van der Waals surface area contributed by atoms with Crippen molar-refractivity contribution in [3.05, 3.63) is 34.4 Å². The minimum atomic E-state index is -4.85. The first-order chi connectivity index (χ1) is 9.50. The molecule has 1 rings (SSSR count). The molecule has 0 aromatic heterocycles. The molecule has 1 aromatic carbocycles. The van der Waals surface area contributed by atoms with Crippen LogP contribution in [0.15, 0.2) is 12.1 Å². The predicted molar refractivity (Wildman–Crippen MR) is 61.5 cm³/mol. The third kappa shape index (κ3) is 4.12. The molecule has 118 valence electrons. The zero-order valence-corrected chi connectivity index (χ0v) is 11.2. The molecule has 0 unspecified atom stereocenters. The summed E-state index contributed by atoms with van der Waals surface area (Å²) in [6, 6.07) is 0.819. The fourth-order valence-electron chi connectivity index (χ4n) is 1.88. The summed E-state index contributed by atoms with van der Waals surface area (Å²) in [5, 5.41) is 0. The molecule has 0 amide bonds. The van der Waals surface area contributed by atoms with Crippen LogP contribution in [-0.4, -0.2) is 13.1 Å². The molecule has 1 aromatic rings. The molecule has 0 N–H and O–H groups in total. The van der Waals surface area contributed by atoms with E-state index in [0.717, 1.165) is 7.11 Å². The SMILES string of the molecule is CCc1cc(C(F)(F)F)c(CC(=O)OC)cc1C(F)(F)F. The molecule has 0 atom stereocenters. The summed E-state index contributed by atoms with van der Waals surface area (Å²) < 4.78 is 81.6. The van der Waals surface area contributed by atoms with Crippen LogP contribution in [0.1, 0.15) is 29.2 Å². The average Bonchev–Trinajstić information content (AvgIpc) is 2.35. The van der Waals surface area contributed by atoms with Gasteiger partial charge in [-0.05, 0) is 29.7 Å². The Balaban J connectivity index is 3.53. The van der Waals surface area contributed by atoms with Crippen LogP contribution in [0.25, 0.3) is 0 Å². The third-order valence-electron chi connectivity index (χ3n) is 2.88. The molecule has 8 heteroatoms. The normalized spacial score (nSPS) is 12.4. The smallest absolute Gasteiger partial charge is 0.416 e. The maximum Gasteiger partial charge on any atom is 0.416 e. The van der Waals surface area contributed by atoms with Crippen molar-refractivity contribution in [2.75, 3.05) is 7.11 Å². The summed E-state index contributed by atoms with van der Waals surface area (Å²) in [6.07, 6.45) is -10.7. The van der Waals surface area contributed by atoms with Gasteiger partial charge in [-0.3, -0.25) is 4.79 Å². The Bertz CT molecular complexity index is 531. The largest absolute Gasteiger partial charge is 0.469 e. The first-order valence-electron chi connectivity index (χ1n) is 5.87. The van der Waals surface area contributed by atoms with E-state index >= 15 is 0 Å². The molecule has 0 aliphatic rings. The van der Waals surface area contributed by atoms with E-state index in [2.05, 4.69) is 4.74 Å². The second-order valence-corrected chi connectivity index (χ2v) is 4.27. The Morgan fingerprint density at radius 3 is 1.81 bits per heavy atom. The first-order valence-corrected chi connectivity index (χ1v) is 5.87. The third-order valence-corrected chi connectivity index (χ3v) is 2.88. The number of aryl methyl sites for hydroxylation is 1. The Morgan fingerprint density at radius 2 is 1.43 bits per heavy atom. The molecule has 0 saturated heterocycles. The van der Waals surface area contributed by atoms with E-state index in [4.69, 9.17) is 0 Å². The second kappa shape index (κ2) is 5.95. The number of esters is 1. The van der Waals surface area contributed by atoms with Crippen molar-refractivity contribution < 1.29 is 35.9 Å². The van der Waals surface area contributed by atoms with Crippen molar-refractivity contribution in [3.63, 3.8) is 0 Å². The summed E-state index contributed by atoms with van der Waals surface area (Å²) >= 11 is 0. The minimum absolute atomic E-state index is 0.212. The highest BCUT2D eigenvalue weighted by Crippen LogP contribution is 2.39. The first kappa shape index (κ1) is 17.3. The highest BCUT2D eigenvalue weighted by molar-refractivity contribution is 5.73. The van der Waals surface area contributed by atoms with E-state index in [1.807, 2.05) is 0 Å². The fourth-order valence-corrected chi connectivity index (χ4v) is 1.88. The molecule has 0 heterocycles. The Labute approximate surface area is 116 Å². The number of carbonyl (C=O) groups excluding carboxylic acids is 1. The number of halogens is 6. The van der Waals surface area contributed by atoms with Crippen LogP contribution in [0, 0.1) is 0 Å². The van der Waals surface area contributed by atoms with Crippen molar-refractivity contribution in [1.29, 1.82) is 0 Å². The minimum Gasteiger partial charge on any atom is -0.469 e. The summed E-state index contributed by atoms with van der Waals surface area (Å²) in [4.78, 5) is 11.1. The quantitative estimate of drug-likeness (QED) is 0.622. The number of methoxy groups -OCH3 is 1. The van der Waals surface area contributed by atoms with Crippen molar-refractivity contribution in [1.82, 2.24) is 0 Å². The lowest BCUT2D eigenvalue weighted by molar-refractivity contribution is -0.144. The van der Waals surface area contributed by atoms with Crippen LogP contribution in [0.4, 0.5) is 26.3 Å². The van der Waals surface area contributed by atoms with Gasteiger partial charge in [0.15, 0.2) is 0 Å². The van der Waals surface area contributed by atoms with Crippen molar-refractivity contribution >= 4 is 5.97 Å². The molecule has 21 heavy (non-hydrogen) atoms. The van der Waals surface area contributed by atoms with Crippen LogP contribution in [0.5, 0.6) is 0 Å². The fraction of sp³-hybridized carbons (Fsp3) is 0.462. The number of rotatable bonds is 3. The maximum atomic E-state index is 12.9. The van der Waals surface area contributed by atoms with Gasteiger partial charge in [0.2, 0.25) is 0 Å². The van der Waals surface area contributed by atoms with E-state index in [9.17, 15) is 31.1 Å². The highest BCUT2D eigenvalue weighted by Gasteiger charge is 2.39. The lowest BCUT2D eigenvalue weighted by Crippen LogP contribution is -2.18. The summed E-state index contributed by atoms with van der Waals surface area (Å²) in [5.41, 5.74) is -3.64. The van der Waals surface area contributed by atoms with Crippen LogP contribution < -0.4 is 0 Å². The van der Waals surface area contributed by atoms with Gasteiger partial charge in [-0.15, -0.1) is 0 Å². The molecule has 0 aliphatic heterocycles. The number of carbonyl (C=O) groups is 1. The Kier molecular flexibility index (Phi) is 4.91. The molecular formula is C13H12F6O2. The summed E-state index contributed by atoms with van der Waals surface area (Å²) in [6.45, 7) is 1.32. The van der Waals surface area contributed by atoms with Crippen LogP contribution >= 0.6 is 0 Å². The summed E-state index contributed by atoms with van der Waals surface area (Å²) in [7, 11) is 0.945. The molecule has 0 saturated carbocycles. The van der Waals surface area contributed by atoms with E-state index in [-0.39, 0.29) is 6.42 Å². The molecule has 0 aliphatic carbocycles. The van der Waals surface area contributed by atoms with Gasteiger partial charge < -0.3 is 4.74 Å². The Hall–Kier alpha value is -1.73. The monoisotopic (exact) mass is 314 g/mol. The van der Waals surface area contributed by atoms with Crippen LogP contribution in [0.3, 0.4) is 0 Å². The average molecular weight is 314 g/mol. The standard InChI is InChI=1S/C13H12F6O2/c1-3-7-4-10(13(17,18)19)8(6-11(20)21-2)5-9(7)12(14,15)16/h4-5H,3,6H2,1-2H3. The lowest BCUT2D eigenvalue weighted by atomic mass is 9.94. The van der Waals surface area contributed by atoms with Crippen molar-refractivity contribution in [3.8, 4) is 0 Å². The lowest BCUT2D eigenvalue weighted by Gasteiger charge is -2.18. The van der Waals surface area contributed by atoms with Gasteiger partial charge in [0.1, 0.15) is 0 Å². The zero-order chi connectivity index (χ0) is 16.4. The highest BCUT2D eigenvalue weighted by atomic mass is 19.4. The van der Waals surface area contributed by atoms with E-state index in [1.165, 1.54) is 6.92 Å². The van der Waals surface area contributed by atoms with Crippen molar-refractivity contribution in [2.24, 2.45) is 0 Å². The molecule has 2 nitrogen and oxygen atoms in total. The number of alkyl halides is 6. The molecule has 0 spiro atoms. The van der Waals surface area contributed by atoms with Gasteiger partial charge in [-0.1, -0.05) is 6.92 Å². The molecule has 0 fully saturated rings. The summed E-state index contributed by atoms with van der Waals surface area (Å²) in [5.74, 6) is -1.04. The van der Waals surface area contributed by atoms with Crippen LogP contribution in [0.2, 0.25) is 0 Å². The van der Waals surface area contributed by atoms with Gasteiger partial charge in [-0.2, -0.15) is 26.3 Å². The molecule has 0 radical (unpaired) electrons. The van der Waals surface area contributed by atoms with Crippen LogP contribution in [-0.2, 0) is 34.7 Å². The van der Waals surface area contributed by atoms with Gasteiger partial charge >= 0.3 is 18.3 Å². The number of benzene rings is 1. The number of hydrogen-bond donors (Lipinski definition) is 0. The van der Waals surface area contributed by atoms with E-state index in [1.54, 1.807) is 0 Å². The van der Waals surface area contributed by atoms with Gasteiger partial charge in [0.25, 0.3) is 0 Å². The maximum absolute atomic E-state index is 12.9. The van der Waals surface area contributed by atoms with Gasteiger partial charge in [0, 0.05) is 0 Å².